The minimum Gasteiger partial charge on any atom is -0.379 e. The first-order valence-corrected chi connectivity index (χ1v) is 11.8. The summed E-state index contributed by atoms with van der Waals surface area (Å²) < 4.78 is 8.02. The van der Waals surface area contributed by atoms with Gasteiger partial charge in [0.2, 0.25) is 5.91 Å². The third-order valence-electron chi connectivity index (χ3n) is 5.45. The van der Waals surface area contributed by atoms with Gasteiger partial charge in [-0.3, -0.25) is 9.69 Å². The highest BCUT2D eigenvalue weighted by atomic mass is 32.1. The lowest BCUT2D eigenvalue weighted by atomic mass is 10.1. The van der Waals surface area contributed by atoms with Gasteiger partial charge in [0, 0.05) is 31.6 Å². The van der Waals surface area contributed by atoms with Crippen LogP contribution in [0, 0.1) is 10.9 Å². The Labute approximate surface area is 192 Å². The van der Waals surface area contributed by atoms with Crippen molar-refractivity contribution in [3.05, 3.63) is 74.6 Å². The number of rotatable bonds is 7. The number of hydrogen-bond donors (Lipinski definition) is 1. The standard InChI is InChI=1S/C24H27N3O2S2/c1-18-2-8-21(9-3-18)22-17-31-24(30)27(22)16-23(28)25-14-19-4-6-20(7-5-19)15-26-10-12-29-13-11-26/h2-9,17H,10-16H2,1H3,(H,25,28). The van der Waals surface area contributed by atoms with Crippen LogP contribution in [0.2, 0.25) is 0 Å². The Bertz CT molecular complexity index is 1070. The lowest BCUT2D eigenvalue weighted by Gasteiger charge is -2.26. The van der Waals surface area contributed by atoms with Crippen LogP contribution in [0.1, 0.15) is 16.7 Å². The van der Waals surface area contributed by atoms with Crippen molar-refractivity contribution < 1.29 is 9.53 Å². The van der Waals surface area contributed by atoms with E-state index in [-0.39, 0.29) is 12.5 Å². The molecule has 1 amide bonds. The number of nitrogens with zero attached hydrogens (tertiary/aromatic N) is 2. The Morgan fingerprint density at radius 3 is 2.45 bits per heavy atom. The van der Waals surface area contributed by atoms with Crippen molar-refractivity contribution in [2.75, 3.05) is 26.3 Å². The summed E-state index contributed by atoms with van der Waals surface area (Å²) in [5.74, 6) is -0.0414. The van der Waals surface area contributed by atoms with E-state index >= 15 is 0 Å². The zero-order valence-corrected chi connectivity index (χ0v) is 19.3. The Balaban J connectivity index is 1.33. The van der Waals surface area contributed by atoms with E-state index in [1.54, 1.807) is 0 Å². The van der Waals surface area contributed by atoms with Crippen molar-refractivity contribution in [1.82, 2.24) is 14.8 Å². The molecule has 0 saturated carbocycles. The van der Waals surface area contributed by atoms with Gasteiger partial charge in [-0.15, -0.1) is 11.3 Å². The molecule has 0 spiro atoms. The molecule has 3 aromatic rings. The number of aromatic nitrogens is 1. The summed E-state index contributed by atoms with van der Waals surface area (Å²) >= 11 is 6.95. The Hall–Kier alpha value is -2.32. The predicted molar refractivity (Wildman–Crippen MR) is 128 cm³/mol. The smallest absolute Gasteiger partial charge is 0.240 e. The van der Waals surface area contributed by atoms with Crippen molar-refractivity contribution in [2.45, 2.75) is 26.6 Å². The van der Waals surface area contributed by atoms with Gasteiger partial charge in [-0.1, -0.05) is 54.1 Å². The average molecular weight is 454 g/mol. The third kappa shape index (κ3) is 5.89. The molecule has 1 aliphatic heterocycles. The minimum absolute atomic E-state index is 0.0414. The highest BCUT2D eigenvalue weighted by Crippen LogP contribution is 2.24. The topological polar surface area (TPSA) is 46.5 Å². The second-order valence-electron chi connectivity index (χ2n) is 7.82. The maximum Gasteiger partial charge on any atom is 0.240 e. The third-order valence-corrected chi connectivity index (χ3v) is 6.73. The summed E-state index contributed by atoms with van der Waals surface area (Å²) in [6.45, 7) is 7.31. The van der Waals surface area contributed by atoms with Crippen molar-refractivity contribution in [2.24, 2.45) is 0 Å². The van der Waals surface area contributed by atoms with Crippen LogP contribution in [0.25, 0.3) is 11.3 Å². The van der Waals surface area contributed by atoms with E-state index < -0.39 is 0 Å². The summed E-state index contributed by atoms with van der Waals surface area (Å²) in [4.78, 5) is 15.0. The van der Waals surface area contributed by atoms with E-state index in [1.165, 1.54) is 22.5 Å². The van der Waals surface area contributed by atoms with Crippen LogP contribution in [-0.2, 0) is 29.2 Å². The zero-order chi connectivity index (χ0) is 21.6. The number of amides is 1. The monoisotopic (exact) mass is 453 g/mol. The van der Waals surface area contributed by atoms with Crippen LogP contribution in [0.15, 0.2) is 53.9 Å². The number of aryl methyl sites for hydroxylation is 1. The second-order valence-corrected chi connectivity index (χ2v) is 9.32. The van der Waals surface area contributed by atoms with Crippen LogP contribution in [0.3, 0.4) is 0 Å². The quantitative estimate of drug-likeness (QED) is 0.539. The molecular weight excluding hydrogens is 426 g/mol. The fourth-order valence-electron chi connectivity index (χ4n) is 3.61. The molecular formula is C24H27N3O2S2. The van der Waals surface area contributed by atoms with Crippen LogP contribution < -0.4 is 5.32 Å². The number of ether oxygens (including phenoxy) is 1. The average Bonchev–Trinajstić information content (AvgIpc) is 3.14. The summed E-state index contributed by atoms with van der Waals surface area (Å²) in [5.41, 5.74) is 5.63. The molecule has 1 fully saturated rings. The molecule has 0 unspecified atom stereocenters. The molecule has 7 heteroatoms. The number of benzene rings is 2. The Morgan fingerprint density at radius 1 is 1.06 bits per heavy atom. The SMILES string of the molecule is Cc1ccc(-c2csc(=S)n2CC(=O)NCc2ccc(CN3CCOCC3)cc2)cc1. The van der Waals surface area contributed by atoms with Gasteiger partial charge in [-0.25, -0.2) is 0 Å². The number of nitrogens with one attached hydrogen (secondary N) is 1. The Kier molecular flexibility index (Phi) is 7.29. The van der Waals surface area contributed by atoms with E-state index in [1.807, 2.05) is 9.95 Å². The van der Waals surface area contributed by atoms with Gasteiger partial charge < -0.3 is 14.6 Å². The summed E-state index contributed by atoms with van der Waals surface area (Å²) in [6.07, 6.45) is 0. The van der Waals surface area contributed by atoms with E-state index in [0.29, 0.717) is 10.5 Å². The lowest BCUT2D eigenvalue weighted by molar-refractivity contribution is -0.121. The number of hydrogen-bond acceptors (Lipinski definition) is 5. The molecule has 5 nitrogen and oxygen atoms in total. The first-order valence-electron chi connectivity index (χ1n) is 10.5. The zero-order valence-electron chi connectivity index (χ0n) is 17.7. The Morgan fingerprint density at radius 2 is 1.74 bits per heavy atom. The molecule has 0 radical (unpaired) electrons. The van der Waals surface area contributed by atoms with Crippen molar-refractivity contribution in [3.63, 3.8) is 0 Å². The van der Waals surface area contributed by atoms with E-state index in [2.05, 4.69) is 65.7 Å². The van der Waals surface area contributed by atoms with Crippen molar-refractivity contribution in [3.8, 4) is 11.3 Å². The van der Waals surface area contributed by atoms with Gasteiger partial charge in [0.15, 0.2) is 3.95 Å². The van der Waals surface area contributed by atoms with Gasteiger partial charge in [0.1, 0.15) is 6.54 Å². The summed E-state index contributed by atoms with van der Waals surface area (Å²) in [6, 6.07) is 16.7. The number of morpholine rings is 1. The van der Waals surface area contributed by atoms with Gasteiger partial charge in [0.25, 0.3) is 0 Å². The molecule has 162 valence electrons. The first kappa shape index (κ1) is 21.9. The largest absolute Gasteiger partial charge is 0.379 e. The van der Waals surface area contributed by atoms with Crippen molar-refractivity contribution in [1.29, 1.82) is 0 Å². The lowest BCUT2D eigenvalue weighted by Crippen LogP contribution is -2.35. The van der Waals surface area contributed by atoms with Gasteiger partial charge in [0.05, 0.1) is 18.9 Å². The number of carbonyl (C=O) groups excluding carboxylic acids is 1. The molecule has 1 aliphatic rings. The number of thiazole rings is 1. The summed E-state index contributed by atoms with van der Waals surface area (Å²) in [5, 5.41) is 5.05. The second kappa shape index (κ2) is 10.3. The maximum atomic E-state index is 12.6. The molecule has 1 aromatic heterocycles. The predicted octanol–water partition coefficient (Wildman–Crippen LogP) is 4.40. The number of carbonyl (C=O) groups is 1. The fraction of sp³-hybridized carbons (Fsp3) is 0.333. The molecule has 0 bridgehead atoms. The molecule has 1 N–H and O–H groups in total. The van der Waals surface area contributed by atoms with Crippen LogP contribution in [0.5, 0.6) is 0 Å². The van der Waals surface area contributed by atoms with Crippen LogP contribution >= 0.6 is 23.6 Å². The first-order chi connectivity index (χ1) is 15.1. The molecule has 1 saturated heterocycles. The minimum atomic E-state index is -0.0414. The molecule has 2 heterocycles. The van der Waals surface area contributed by atoms with Crippen LogP contribution in [-0.4, -0.2) is 41.7 Å². The molecule has 31 heavy (non-hydrogen) atoms. The molecule has 2 aromatic carbocycles. The van der Waals surface area contributed by atoms with Crippen LogP contribution in [0.4, 0.5) is 0 Å². The van der Waals surface area contributed by atoms with Crippen molar-refractivity contribution >= 4 is 29.5 Å². The molecule has 4 rings (SSSR count). The highest BCUT2D eigenvalue weighted by molar-refractivity contribution is 7.73. The summed E-state index contributed by atoms with van der Waals surface area (Å²) in [7, 11) is 0. The van der Waals surface area contributed by atoms with Gasteiger partial charge >= 0.3 is 0 Å². The molecule has 0 atom stereocenters. The van der Waals surface area contributed by atoms with Gasteiger partial charge in [-0.2, -0.15) is 0 Å². The fourth-order valence-corrected chi connectivity index (χ4v) is 4.68. The van der Waals surface area contributed by atoms with E-state index in [0.717, 1.165) is 49.7 Å². The molecule has 0 aliphatic carbocycles. The maximum absolute atomic E-state index is 12.6. The van der Waals surface area contributed by atoms with Gasteiger partial charge in [-0.05, 0) is 35.8 Å². The van der Waals surface area contributed by atoms with E-state index in [4.69, 9.17) is 17.0 Å². The normalized spacial score (nSPS) is 14.5. The van der Waals surface area contributed by atoms with E-state index in [9.17, 15) is 4.79 Å². The highest BCUT2D eigenvalue weighted by Gasteiger charge is 2.12.